The number of likely N-dealkylation sites (N-methyl/N-ethyl adjacent to an activating group) is 1. The lowest BCUT2D eigenvalue weighted by molar-refractivity contribution is -0.151. The number of carboxylic acids is 1. The van der Waals surface area contributed by atoms with Gasteiger partial charge >= 0.3 is 12.1 Å². The summed E-state index contributed by atoms with van der Waals surface area (Å²) in [5.74, 6) is -0.930. The number of carbonyl (C=O) groups excluding carboxylic acids is 1. The van der Waals surface area contributed by atoms with E-state index in [1.54, 1.807) is 27.8 Å². The van der Waals surface area contributed by atoms with Crippen LogP contribution in [0.4, 0.5) is 4.79 Å². The molecule has 114 valence electrons. The van der Waals surface area contributed by atoms with E-state index in [4.69, 9.17) is 4.74 Å². The summed E-state index contributed by atoms with van der Waals surface area (Å²) in [6.45, 7) is 6.99. The summed E-state index contributed by atoms with van der Waals surface area (Å²) >= 11 is 0. The van der Waals surface area contributed by atoms with Crippen molar-refractivity contribution in [1.82, 2.24) is 9.80 Å². The van der Waals surface area contributed by atoms with Gasteiger partial charge in [-0.05, 0) is 46.6 Å². The standard InChI is InChI=1S/C14H24N2O4/c1-13(2,3)20-12(19)15(4)14(11(17)18)7-9-16-8-5-6-10(14)16/h10H,5-9H2,1-4H3,(H,17,18). The van der Waals surface area contributed by atoms with Crippen LogP contribution >= 0.6 is 0 Å². The van der Waals surface area contributed by atoms with Gasteiger partial charge in [0.25, 0.3) is 0 Å². The lowest BCUT2D eigenvalue weighted by Gasteiger charge is -2.39. The number of carbonyl (C=O) groups is 2. The van der Waals surface area contributed by atoms with Crippen LogP contribution in [0, 0.1) is 0 Å². The Labute approximate surface area is 119 Å². The van der Waals surface area contributed by atoms with Crippen LogP contribution in [0.15, 0.2) is 0 Å². The lowest BCUT2D eigenvalue weighted by atomic mass is 9.87. The van der Waals surface area contributed by atoms with Crippen molar-refractivity contribution in [2.75, 3.05) is 20.1 Å². The predicted octanol–water partition coefficient (Wildman–Crippen LogP) is 1.54. The zero-order valence-corrected chi connectivity index (χ0v) is 12.7. The Bertz CT molecular complexity index is 418. The van der Waals surface area contributed by atoms with Crippen molar-refractivity contribution in [3.05, 3.63) is 0 Å². The Hall–Kier alpha value is -1.30. The molecule has 0 aromatic heterocycles. The molecule has 1 N–H and O–H groups in total. The van der Waals surface area contributed by atoms with Gasteiger partial charge in [-0.1, -0.05) is 0 Å². The van der Waals surface area contributed by atoms with Crippen LogP contribution in [0.5, 0.6) is 0 Å². The molecule has 0 aromatic rings. The molecule has 6 heteroatoms. The second-order valence-corrected chi connectivity index (χ2v) is 6.71. The van der Waals surface area contributed by atoms with Crippen LogP contribution in [-0.4, -0.2) is 64.3 Å². The quantitative estimate of drug-likeness (QED) is 0.833. The maximum absolute atomic E-state index is 12.3. The molecular formula is C14H24N2O4. The molecule has 2 aliphatic heterocycles. The molecule has 2 rings (SSSR count). The van der Waals surface area contributed by atoms with Crippen LogP contribution in [0.25, 0.3) is 0 Å². The Morgan fingerprint density at radius 3 is 2.55 bits per heavy atom. The van der Waals surface area contributed by atoms with Crippen LogP contribution in [0.3, 0.4) is 0 Å². The number of aliphatic carboxylic acids is 1. The fourth-order valence-corrected chi connectivity index (χ4v) is 3.39. The van der Waals surface area contributed by atoms with E-state index in [9.17, 15) is 14.7 Å². The third-order valence-electron chi connectivity index (χ3n) is 4.33. The van der Waals surface area contributed by atoms with Gasteiger partial charge in [-0.2, -0.15) is 0 Å². The first kappa shape index (κ1) is 15.1. The Morgan fingerprint density at radius 1 is 1.35 bits per heavy atom. The molecule has 2 saturated heterocycles. The number of fused-ring (bicyclic) bond motifs is 1. The topological polar surface area (TPSA) is 70.1 Å². The summed E-state index contributed by atoms with van der Waals surface area (Å²) in [4.78, 5) is 27.6. The minimum absolute atomic E-state index is 0.0995. The number of hydrogen-bond donors (Lipinski definition) is 1. The van der Waals surface area contributed by atoms with Crippen molar-refractivity contribution >= 4 is 12.1 Å². The van der Waals surface area contributed by atoms with Crippen molar-refractivity contribution in [3.8, 4) is 0 Å². The van der Waals surface area contributed by atoms with E-state index in [1.165, 1.54) is 4.90 Å². The first-order chi connectivity index (χ1) is 9.18. The largest absolute Gasteiger partial charge is 0.479 e. The molecule has 2 fully saturated rings. The summed E-state index contributed by atoms with van der Waals surface area (Å²) in [5.41, 5.74) is -1.78. The van der Waals surface area contributed by atoms with Crippen molar-refractivity contribution in [1.29, 1.82) is 0 Å². The molecule has 0 aliphatic carbocycles. The molecule has 2 heterocycles. The van der Waals surface area contributed by atoms with E-state index in [0.717, 1.165) is 25.9 Å². The highest BCUT2D eigenvalue weighted by Gasteiger charge is 2.58. The van der Waals surface area contributed by atoms with E-state index in [0.29, 0.717) is 6.42 Å². The van der Waals surface area contributed by atoms with Gasteiger partial charge in [0, 0.05) is 19.6 Å². The minimum Gasteiger partial charge on any atom is -0.479 e. The monoisotopic (exact) mass is 284 g/mol. The molecule has 0 saturated carbocycles. The maximum Gasteiger partial charge on any atom is 0.411 e. The number of nitrogens with zero attached hydrogens (tertiary/aromatic N) is 2. The van der Waals surface area contributed by atoms with E-state index in [1.807, 2.05) is 0 Å². The van der Waals surface area contributed by atoms with Crippen LogP contribution < -0.4 is 0 Å². The molecule has 0 aromatic carbocycles. The first-order valence-corrected chi connectivity index (χ1v) is 7.13. The first-order valence-electron chi connectivity index (χ1n) is 7.13. The average Bonchev–Trinajstić information content (AvgIpc) is 2.86. The number of amides is 1. The highest BCUT2D eigenvalue weighted by molar-refractivity contribution is 5.86. The second-order valence-electron chi connectivity index (χ2n) is 6.71. The fraction of sp³-hybridized carbons (Fsp3) is 0.857. The van der Waals surface area contributed by atoms with Gasteiger partial charge in [0.15, 0.2) is 5.54 Å². The fourth-order valence-electron chi connectivity index (χ4n) is 3.39. The molecule has 2 aliphatic rings. The highest BCUT2D eigenvalue weighted by Crippen LogP contribution is 2.40. The molecule has 20 heavy (non-hydrogen) atoms. The number of carboxylic acid groups (broad SMARTS) is 1. The SMILES string of the molecule is CN(C(=O)OC(C)(C)C)C1(C(=O)O)CCN2CCCC21. The van der Waals surface area contributed by atoms with Crippen LogP contribution in [0.1, 0.15) is 40.0 Å². The highest BCUT2D eigenvalue weighted by atomic mass is 16.6. The van der Waals surface area contributed by atoms with Gasteiger partial charge in [0.2, 0.25) is 0 Å². The molecule has 2 atom stereocenters. The van der Waals surface area contributed by atoms with E-state index in [2.05, 4.69) is 4.90 Å². The van der Waals surface area contributed by atoms with Crippen molar-refractivity contribution in [3.63, 3.8) is 0 Å². The van der Waals surface area contributed by atoms with Gasteiger partial charge in [-0.25, -0.2) is 9.59 Å². The zero-order valence-electron chi connectivity index (χ0n) is 12.7. The average molecular weight is 284 g/mol. The summed E-state index contributed by atoms with van der Waals surface area (Å²) < 4.78 is 5.34. The Morgan fingerprint density at radius 2 is 2.00 bits per heavy atom. The lowest BCUT2D eigenvalue weighted by Crippen LogP contribution is -2.61. The third kappa shape index (κ3) is 2.37. The van der Waals surface area contributed by atoms with Gasteiger partial charge in [-0.3, -0.25) is 9.80 Å². The number of ether oxygens (including phenoxy) is 1. The Kier molecular flexibility index (Phi) is 3.71. The summed E-state index contributed by atoms with van der Waals surface area (Å²) in [6.07, 6.45) is 1.71. The smallest absolute Gasteiger partial charge is 0.411 e. The normalized spacial score (nSPS) is 30.1. The zero-order chi connectivity index (χ0) is 15.1. The second kappa shape index (κ2) is 4.91. The summed E-state index contributed by atoms with van der Waals surface area (Å²) in [7, 11) is 1.55. The third-order valence-corrected chi connectivity index (χ3v) is 4.33. The molecule has 6 nitrogen and oxygen atoms in total. The van der Waals surface area contributed by atoms with Gasteiger partial charge < -0.3 is 9.84 Å². The molecule has 1 amide bonds. The predicted molar refractivity (Wildman–Crippen MR) is 73.6 cm³/mol. The molecule has 0 bridgehead atoms. The van der Waals surface area contributed by atoms with Gasteiger partial charge in [-0.15, -0.1) is 0 Å². The molecule has 0 spiro atoms. The summed E-state index contributed by atoms with van der Waals surface area (Å²) in [5, 5.41) is 9.75. The van der Waals surface area contributed by atoms with Gasteiger partial charge in [0.05, 0.1) is 0 Å². The van der Waals surface area contributed by atoms with Crippen LogP contribution in [0.2, 0.25) is 0 Å². The van der Waals surface area contributed by atoms with E-state index in [-0.39, 0.29) is 6.04 Å². The Balaban J connectivity index is 2.25. The number of rotatable bonds is 2. The minimum atomic E-state index is -1.15. The van der Waals surface area contributed by atoms with Crippen LogP contribution in [-0.2, 0) is 9.53 Å². The maximum atomic E-state index is 12.3. The number of hydrogen-bond acceptors (Lipinski definition) is 4. The van der Waals surface area contributed by atoms with Crippen molar-refractivity contribution in [2.24, 2.45) is 0 Å². The van der Waals surface area contributed by atoms with Crippen molar-refractivity contribution in [2.45, 2.75) is 57.2 Å². The van der Waals surface area contributed by atoms with Gasteiger partial charge in [0.1, 0.15) is 5.60 Å². The van der Waals surface area contributed by atoms with Crippen molar-refractivity contribution < 1.29 is 19.4 Å². The summed E-state index contributed by atoms with van der Waals surface area (Å²) in [6, 6.07) is -0.0995. The molecule has 2 unspecified atom stereocenters. The molecular weight excluding hydrogens is 260 g/mol. The van der Waals surface area contributed by atoms with E-state index >= 15 is 0 Å². The van der Waals surface area contributed by atoms with E-state index < -0.39 is 23.2 Å². The molecule has 0 radical (unpaired) electrons.